The molecule has 1 aromatic rings. The third kappa shape index (κ3) is 4.75. The molecule has 6 N–H and O–H groups in total. The summed E-state index contributed by atoms with van der Waals surface area (Å²) < 4.78 is 0. The summed E-state index contributed by atoms with van der Waals surface area (Å²) in [6, 6.07) is 6.22. The maximum atomic E-state index is 12.1. The molecule has 0 unspecified atom stereocenters. The van der Waals surface area contributed by atoms with Gasteiger partial charge in [0.15, 0.2) is 0 Å². The molecule has 1 aliphatic carbocycles. The van der Waals surface area contributed by atoms with Crippen LogP contribution >= 0.6 is 0 Å². The number of hydrogen-bond donors (Lipinski definition) is 4. The number of urea groups is 1. The molecule has 1 fully saturated rings. The summed E-state index contributed by atoms with van der Waals surface area (Å²) in [5.74, 6) is -0.101. The number of carbonyl (C=O) groups excluding carboxylic acids is 2. The van der Waals surface area contributed by atoms with E-state index in [-0.39, 0.29) is 11.4 Å². The van der Waals surface area contributed by atoms with Gasteiger partial charge in [-0.25, -0.2) is 4.79 Å². The molecule has 2 rings (SSSR count). The Hall–Kier alpha value is -2.08. The Morgan fingerprint density at radius 1 is 1.10 bits per heavy atom. The monoisotopic (exact) mass is 290 g/mol. The summed E-state index contributed by atoms with van der Waals surface area (Å²) in [6.45, 7) is 0. The van der Waals surface area contributed by atoms with Crippen LogP contribution in [0, 0.1) is 0 Å². The maximum absolute atomic E-state index is 12.1. The van der Waals surface area contributed by atoms with E-state index in [4.69, 9.17) is 11.5 Å². The number of anilines is 2. The molecule has 6 nitrogen and oxygen atoms in total. The zero-order chi connectivity index (χ0) is 15.3. The number of nitrogens with two attached hydrogens (primary N) is 2. The van der Waals surface area contributed by atoms with Crippen LogP contribution < -0.4 is 22.1 Å². The highest BCUT2D eigenvalue weighted by Gasteiger charge is 2.29. The normalized spacial score (nSPS) is 17.0. The van der Waals surface area contributed by atoms with Crippen LogP contribution in [0.2, 0.25) is 0 Å². The van der Waals surface area contributed by atoms with Crippen LogP contribution in [-0.2, 0) is 4.79 Å². The van der Waals surface area contributed by atoms with Crippen molar-refractivity contribution in [3.05, 3.63) is 24.3 Å². The van der Waals surface area contributed by atoms with Crippen molar-refractivity contribution in [2.24, 2.45) is 11.5 Å². The van der Waals surface area contributed by atoms with Crippen LogP contribution in [0.15, 0.2) is 24.3 Å². The summed E-state index contributed by atoms with van der Waals surface area (Å²) in [7, 11) is 0. The second-order valence-electron chi connectivity index (χ2n) is 5.72. The van der Waals surface area contributed by atoms with Crippen LogP contribution in [0.3, 0.4) is 0 Å². The summed E-state index contributed by atoms with van der Waals surface area (Å²) in [5, 5.41) is 5.29. The Labute approximate surface area is 124 Å². The number of benzene rings is 1. The van der Waals surface area contributed by atoms with E-state index in [1.807, 2.05) is 0 Å². The van der Waals surface area contributed by atoms with Gasteiger partial charge in [0.1, 0.15) is 0 Å². The molecule has 0 aromatic heterocycles. The Morgan fingerprint density at radius 3 is 2.33 bits per heavy atom. The van der Waals surface area contributed by atoms with Gasteiger partial charge in [-0.2, -0.15) is 0 Å². The summed E-state index contributed by atoms with van der Waals surface area (Å²) >= 11 is 0. The first-order chi connectivity index (χ1) is 9.97. The van der Waals surface area contributed by atoms with Gasteiger partial charge in [-0.1, -0.05) is 25.3 Å². The van der Waals surface area contributed by atoms with E-state index in [2.05, 4.69) is 10.6 Å². The lowest BCUT2D eigenvalue weighted by Gasteiger charge is -2.32. The molecular weight excluding hydrogens is 268 g/mol. The lowest BCUT2D eigenvalue weighted by molar-refractivity contribution is -0.117. The second-order valence-corrected chi connectivity index (χ2v) is 5.72. The SMILES string of the molecule is NC(=O)Nc1cccc(NC(=O)CC2(N)CCCCC2)c1. The molecule has 0 radical (unpaired) electrons. The average Bonchev–Trinajstić information content (AvgIpc) is 2.38. The highest BCUT2D eigenvalue weighted by Crippen LogP contribution is 2.29. The minimum absolute atomic E-state index is 0.101. The predicted molar refractivity (Wildman–Crippen MR) is 82.9 cm³/mol. The molecule has 0 bridgehead atoms. The van der Waals surface area contributed by atoms with Gasteiger partial charge in [0, 0.05) is 23.3 Å². The number of carbonyl (C=O) groups is 2. The number of nitrogens with one attached hydrogen (secondary N) is 2. The summed E-state index contributed by atoms with van der Waals surface area (Å²) in [4.78, 5) is 22.9. The van der Waals surface area contributed by atoms with Crippen molar-refractivity contribution in [2.45, 2.75) is 44.1 Å². The van der Waals surface area contributed by atoms with Gasteiger partial charge >= 0.3 is 6.03 Å². The average molecular weight is 290 g/mol. The van der Waals surface area contributed by atoms with Gasteiger partial charge in [0.25, 0.3) is 0 Å². The topological polar surface area (TPSA) is 110 Å². The Bertz CT molecular complexity index is 524. The molecule has 0 heterocycles. The van der Waals surface area contributed by atoms with Crippen LogP contribution in [0.25, 0.3) is 0 Å². The van der Waals surface area contributed by atoms with Gasteiger partial charge < -0.3 is 22.1 Å². The summed E-state index contributed by atoms with van der Waals surface area (Å²) in [6.07, 6.45) is 5.47. The highest BCUT2D eigenvalue weighted by atomic mass is 16.2. The fraction of sp³-hybridized carbons (Fsp3) is 0.467. The van der Waals surface area contributed by atoms with Gasteiger partial charge in [0.05, 0.1) is 0 Å². The van der Waals surface area contributed by atoms with Crippen molar-refractivity contribution >= 4 is 23.3 Å². The van der Waals surface area contributed by atoms with Crippen molar-refractivity contribution in [3.63, 3.8) is 0 Å². The second kappa shape index (κ2) is 6.58. The standard InChI is InChI=1S/C15H22N4O2/c16-14(21)19-12-6-4-5-11(9-12)18-13(20)10-15(17)7-2-1-3-8-15/h4-6,9H,1-3,7-8,10,17H2,(H,18,20)(H3,16,19,21). The Balaban J connectivity index is 1.94. The van der Waals surface area contributed by atoms with E-state index >= 15 is 0 Å². The third-order valence-corrected chi connectivity index (χ3v) is 3.78. The van der Waals surface area contributed by atoms with E-state index in [1.54, 1.807) is 24.3 Å². The maximum Gasteiger partial charge on any atom is 0.316 e. The highest BCUT2D eigenvalue weighted by molar-refractivity contribution is 5.93. The van der Waals surface area contributed by atoms with Gasteiger partial charge in [-0.15, -0.1) is 0 Å². The molecular formula is C15H22N4O2. The number of amides is 3. The largest absolute Gasteiger partial charge is 0.351 e. The number of hydrogen-bond acceptors (Lipinski definition) is 3. The Kier molecular flexibility index (Phi) is 4.80. The molecule has 3 amide bonds. The van der Waals surface area contributed by atoms with Crippen LogP contribution in [0.5, 0.6) is 0 Å². The zero-order valence-electron chi connectivity index (χ0n) is 12.0. The van der Waals surface area contributed by atoms with Crippen molar-refractivity contribution < 1.29 is 9.59 Å². The molecule has 1 saturated carbocycles. The quantitative estimate of drug-likeness (QED) is 0.682. The number of primary amides is 1. The van der Waals surface area contributed by atoms with Gasteiger partial charge in [0.2, 0.25) is 5.91 Å². The minimum Gasteiger partial charge on any atom is -0.351 e. The molecule has 1 aromatic carbocycles. The van der Waals surface area contributed by atoms with Crippen molar-refractivity contribution in [1.82, 2.24) is 0 Å². The molecule has 114 valence electrons. The zero-order valence-corrected chi connectivity index (χ0v) is 12.0. The summed E-state index contributed by atoms with van der Waals surface area (Å²) in [5.41, 5.74) is 12.1. The first-order valence-electron chi connectivity index (χ1n) is 7.22. The van der Waals surface area contributed by atoms with Crippen LogP contribution in [0.1, 0.15) is 38.5 Å². The molecule has 0 saturated heterocycles. The molecule has 0 spiro atoms. The van der Waals surface area contributed by atoms with Crippen LogP contribution in [-0.4, -0.2) is 17.5 Å². The first-order valence-corrected chi connectivity index (χ1v) is 7.22. The van der Waals surface area contributed by atoms with Crippen LogP contribution in [0.4, 0.5) is 16.2 Å². The smallest absolute Gasteiger partial charge is 0.316 e. The van der Waals surface area contributed by atoms with Crippen molar-refractivity contribution in [3.8, 4) is 0 Å². The molecule has 6 heteroatoms. The lowest BCUT2D eigenvalue weighted by Crippen LogP contribution is -2.44. The van der Waals surface area contributed by atoms with E-state index in [9.17, 15) is 9.59 Å². The first kappa shape index (κ1) is 15.3. The minimum atomic E-state index is -0.637. The van der Waals surface area contributed by atoms with Crippen molar-refractivity contribution in [1.29, 1.82) is 0 Å². The van der Waals surface area contributed by atoms with E-state index in [0.29, 0.717) is 17.8 Å². The van der Waals surface area contributed by atoms with Crippen molar-refractivity contribution in [2.75, 3.05) is 10.6 Å². The van der Waals surface area contributed by atoms with E-state index < -0.39 is 6.03 Å². The lowest BCUT2D eigenvalue weighted by atomic mass is 9.80. The van der Waals surface area contributed by atoms with Gasteiger partial charge in [-0.3, -0.25) is 4.79 Å². The Morgan fingerprint density at radius 2 is 1.71 bits per heavy atom. The fourth-order valence-electron chi connectivity index (χ4n) is 2.77. The fourth-order valence-corrected chi connectivity index (χ4v) is 2.77. The van der Waals surface area contributed by atoms with E-state index in [0.717, 1.165) is 25.7 Å². The molecule has 0 aliphatic heterocycles. The predicted octanol–water partition coefficient (Wildman–Crippen LogP) is 2.17. The van der Waals surface area contributed by atoms with Gasteiger partial charge in [-0.05, 0) is 31.0 Å². The molecule has 1 aliphatic rings. The number of rotatable bonds is 4. The molecule has 0 atom stereocenters. The van der Waals surface area contributed by atoms with E-state index in [1.165, 1.54) is 6.42 Å². The third-order valence-electron chi connectivity index (χ3n) is 3.78. The molecule has 21 heavy (non-hydrogen) atoms.